The van der Waals surface area contributed by atoms with Crippen molar-refractivity contribution in [2.45, 2.75) is 12.0 Å². The highest BCUT2D eigenvalue weighted by Gasteiger charge is 2.40. The van der Waals surface area contributed by atoms with Crippen LogP contribution in [0.1, 0.15) is 11.5 Å². The van der Waals surface area contributed by atoms with E-state index in [1.165, 1.54) is 31.4 Å². The molecule has 142 valence electrons. The van der Waals surface area contributed by atoms with Gasteiger partial charge in [-0.25, -0.2) is 13.6 Å². The molecule has 1 heterocycles. The van der Waals surface area contributed by atoms with Crippen LogP contribution in [0, 0.1) is 11.6 Å². The summed E-state index contributed by atoms with van der Waals surface area (Å²) in [4.78, 5) is 24.3. The average molecular weight is 377 g/mol. The van der Waals surface area contributed by atoms with Crippen LogP contribution in [0.3, 0.4) is 0 Å². The van der Waals surface area contributed by atoms with E-state index < -0.39 is 35.5 Å². The Morgan fingerprint density at radius 2 is 1.96 bits per heavy atom. The quantitative estimate of drug-likeness (QED) is 0.656. The highest BCUT2D eigenvalue weighted by atomic mass is 19.1. The average Bonchev–Trinajstić information content (AvgIpc) is 2.95. The first-order valence-corrected chi connectivity index (χ1v) is 8.06. The number of amides is 3. The van der Waals surface area contributed by atoms with Gasteiger partial charge in [0.25, 0.3) is 0 Å². The Balaban J connectivity index is 1.80. The predicted octanol–water partition coefficient (Wildman–Crippen LogP) is 2.08. The molecule has 2 unspecified atom stereocenters. The Bertz CT molecular complexity index is 868. The molecule has 1 aliphatic heterocycles. The van der Waals surface area contributed by atoms with Gasteiger partial charge in [-0.15, -0.1) is 0 Å². The van der Waals surface area contributed by atoms with E-state index in [4.69, 9.17) is 4.74 Å². The summed E-state index contributed by atoms with van der Waals surface area (Å²) in [6.45, 7) is -0.0317. The molecule has 0 aromatic heterocycles. The van der Waals surface area contributed by atoms with Crippen LogP contribution in [-0.4, -0.2) is 36.7 Å². The standard InChI is InChI=1S/C18H17F2N3O4/c1-27-11-6-13(19)15(14(20)7-11)12-8-21-17(25)16(12)23-18(26)22-9-3-2-4-10(24)5-9/h2-7,12,16,24H,8H2,1H3,(H,21,25)(H2,22,23,26). The molecule has 1 saturated heterocycles. The maximum atomic E-state index is 14.4. The van der Waals surface area contributed by atoms with Crippen molar-refractivity contribution >= 4 is 17.6 Å². The Kier molecular flexibility index (Phi) is 5.11. The summed E-state index contributed by atoms with van der Waals surface area (Å²) in [7, 11) is 1.28. The lowest BCUT2D eigenvalue weighted by Gasteiger charge is -2.20. The summed E-state index contributed by atoms with van der Waals surface area (Å²) in [5, 5.41) is 16.8. The van der Waals surface area contributed by atoms with Gasteiger partial charge in [-0.05, 0) is 12.1 Å². The molecule has 0 saturated carbocycles. The molecule has 2 aromatic carbocycles. The second-order valence-corrected chi connectivity index (χ2v) is 5.98. The third-order valence-corrected chi connectivity index (χ3v) is 4.23. The van der Waals surface area contributed by atoms with Gasteiger partial charge in [0.2, 0.25) is 5.91 Å². The molecule has 0 spiro atoms. The zero-order valence-electron chi connectivity index (χ0n) is 14.3. The largest absolute Gasteiger partial charge is 0.508 e. The van der Waals surface area contributed by atoms with E-state index in [1.54, 1.807) is 0 Å². The van der Waals surface area contributed by atoms with Crippen LogP contribution in [0.25, 0.3) is 0 Å². The molecule has 27 heavy (non-hydrogen) atoms. The summed E-state index contributed by atoms with van der Waals surface area (Å²) in [5.74, 6) is -3.26. The third-order valence-electron chi connectivity index (χ3n) is 4.23. The number of halogens is 2. The first kappa shape index (κ1) is 18.4. The van der Waals surface area contributed by atoms with Crippen molar-refractivity contribution in [1.29, 1.82) is 0 Å². The fourth-order valence-corrected chi connectivity index (χ4v) is 2.98. The van der Waals surface area contributed by atoms with Crippen molar-refractivity contribution in [3.63, 3.8) is 0 Å². The molecule has 9 heteroatoms. The Labute approximate surface area is 153 Å². The highest BCUT2D eigenvalue weighted by molar-refractivity contribution is 5.95. The number of hydrogen-bond acceptors (Lipinski definition) is 4. The molecule has 1 fully saturated rings. The molecule has 0 radical (unpaired) electrons. The van der Waals surface area contributed by atoms with Crippen LogP contribution in [0.15, 0.2) is 36.4 Å². The van der Waals surface area contributed by atoms with E-state index in [9.17, 15) is 23.5 Å². The van der Waals surface area contributed by atoms with Gasteiger partial charge in [0.15, 0.2) is 0 Å². The second-order valence-electron chi connectivity index (χ2n) is 5.98. The van der Waals surface area contributed by atoms with E-state index in [0.29, 0.717) is 5.69 Å². The smallest absolute Gasteiger partial charge is 0.319 e. The zero-order chi connectivity index (χ0) is 19.6. The number of carbonyl (C=O) groups is 2. The van der Waals surface area contributed by atoms with Gasteiger partial charge in [0.05, 0.1) is 7.11 Å². The summed E-state index contributed by atoms with van der Waals surface area (Å²) in [6, 6.07) is 5.93. The molecule has 1 aliphatic rings. The van der Waals surface area contributed by atoms with Gasteiger partial charge in [-0.2, -0.15) is 0 Å². The molecule has 0 bridgehead atoms. The number of ether oxygens (including phenoxy) is 1. The Morgan fingerprint density at radius 3 is 2.59 bits per heavy atom. The number of rotatable bonds is 4. The summed E-state index contributed by atoms with van der Waals surface area (Å²) in [6.07, 6.45) is 0. The van der Waals surface area contributed by atoms with Crippen molar-refractivity contribution in [2.24, 2.45) is 0 Å². The molecular weight excluding hydrogens is 360 g/mol. The van der Waals surface area contributed by atoms with Crippen LogP contribution in [0.2, 0.25) is 0 Å². The van der Waals surface area contributed by atoms with Crippen LogP contribution in [0.5, 0.6) is 11.5 Å². The van der Waals surface area contributed by atoms with Gasteiger partial charge in [0.1, 0.15) is 29.2 Å². The third kappa shape index (κ3) is 3.91. The molecular formula is C18H17F2N3O4. The van der Waals surface area contributed by atoms with Crippen LogP contribution in [0.4, 0.5) is 19.3 Å². The van der Waals surface area contributed by atoms with E-state index in [-0.39, 0.29) is 23.6 Å². The topological polar surface area (TPSA) is 99.7 Å². The maximum Gasteiger partial charge on any atom is 0.319 e. The Hall–Kier alpha value is -3.36. The van der Waals surface area contributed by atoms with Crippen LogP contribution < -0.4 is 20.7 Å². The lowest BCUT2D eigenvalue weighted by atomic mass is 9.93. The first-order valence-electron chi connectivity index (χ1n) is 8.06. The number of benzene rings is 2. The predicted molar refractivity (Wildman–Crippen MR) is 92.7 cm³/mol. The number of phenols is 1. The number of nitrogens with one attached hydrogen (secondary N) is 3. The van der Waals surface area contributed by atoms with Crippen molar-refractivity contribution in [2.75, 3.05) is 19.0 Å². The lowest BCUT2D eigenvalue weighted by Crippen LogP contribution is -2.45. The molecule has 2 aromatic rings. The fraction of sp³-hybridized carbons (Fsp3) is 0.222. The first-order chi connectivity index (χ1) is 12.9. The van der Waals surface area contributed by atoms with Crippen molar-refractivity contribution < 1.29 is 28.2 Å². The minimum absolute atomic E-state index is 0.0113. The summed E-state index contributed by atoms with van der Waals surface area (Å²) in [5.41, 5.74) is -0.0129. The second kappa shape index (κ2) is 7.48. The molecule has 3 amide bonds. The molecule has 3 rings (SSSR count). The number of urea groups is 1. The van der Waals surface area contributed by atoms with Gasteiger partial charge >= 0.3 is 6.03 Å². The highest BCUT2D eigenvalue weighted by Crippen LogP contribution is 2.31. The Morgan fingerprint density at radius 1 is 1.26 bits per heavy atom. The van der Waals surface area contributed by atoms with Gasteiger partial charge < -0.3 is 25.8 Å². The molecule has 4 N–H and O–H groups in total. The van der Waals surface area contributed by atoms with Gasteiger partial charge in [0, 0.05) is 41.9 Å². The van der Waals surface area contributed by atoms with E-state index >= 15 is 0 Å². The molecule has 0 aliphatic carbocycles. The molecule has 2 atom stereocenters. The van der Waals surface area contributed by atoms with E-state index in [1.807, 2.05) is 0 Å². The monoisotopic (exact) mass is 377 g/mol. The molecule has 7 nitrogen and oxygen atoms in total. The van der Waals surface area contributed by atoms with E-state index in [2.05, 4.69) is 16.0 Å². The zero-order valence-corrected chi connectivity index (χ0v) is 14.3. The van der Waals surface area contributed by atoms with Crippen molar-refractivity contribution in [3.05, 3.63) is 53.6 Å². The van der Waals surface area contributed by atoms with E-state index in [0.717, 1.165) is 12.1 Å². The number of carbonyl (C=O) groups excluding carboxylic acids is 2. The number of methoxy groups -OCH3 is 1. The van der Waals surface area contributed by atoms with Crippen molar-refractivity contribution in [1.82, 2.24) is 10.6 Å². The number of phenolic OH excluding ortho intramolecular Hbond substituents is 1. The number of hydrogen-bond donors (Lipinski definition) is 4. The van der Waals surface area contributed by atoms with Gasteiger partial charge in [-0.3, -0.25) is 4.79 Å². The van der Waals surface area contributed by atoms with Gasteiger partial charge in [-0.1, -0.05) is 6.07 Å². The van der Waals surface area contributed by atoms with Crippen LogP contribution in [-0.2, 0) is 4.79 Å². The minimum Gasteiger partial charge on any atom is -0.508 e. The lowest BCUT2D eigenvalue weighted by molar-refractivity contribution is -0.120. The fourth-order valence-electron chi connectivity index (χ4n) is 2.98. The SMILES string of the molecule is COc1cc(F)c(C2CNC(=O)C2NC(=O)Nc2cccc(O)c2)c(F)c1. The van der Waals surface area contributed by atoms with Crippen LogP contribution >= 0.6 is 0 Å². The number of anilines is 1. The normalized spacial score (nSPS) is 18.7. The number of aromatic hydroxyl groups is 1. The maximum absolute atomic E-state index is 14.4. The van der Waals surface area contributed by atoms with Crippen molar-refractivity contribution in [3.8, 4) is 11.5 Å². The summed E-state index contributed by atoms with van der Waals surface area (Å²) >= 11 is 0. The minimum atomic E-state index is -1.17. The summed E-state index contributed by atoms with van der Waals surface area (Å²) < 4.78 is 33.5.